The van der Waals surface area contributed by atoms with E-state index in [0.29, 0.717) is 0 Å². The first-order chi connectivity index (χ1) is 8.47. The number of thiophene rings is 1. The van der Waals surface area contributed by atoms with Crippen LogP contribution in [0.3, 0.4) is 0 Å². The van der Waals surface area contributed by atoms with Crippen LogP contribution in [0.2, 0.25) is 0 Å². The van der Waals surface area contributed by atoms with Gasteiger partial charge in [-0.15, -0.1) is 11.3 Å². The van der Waals surface area contributed by atoms with Crippen molar-refractivity contribution < 1.29 is 19.8 Å². The Balaban J connectivity index is 2.64. The van der Waals surface area contributed by atoms with Crippen molar-refractivity contribution in [2.45, 2.75) is 19.0 Å². The first-order valence-corrected chi connectivity index (χ1v) is 6.25. The molecule has 0 saturated carbocycles. The summed E-state index contributed by atoms with van der Waals surface area (Å²) in [5.41, 5.74) is 0. The molecule has 2 atom stereocenters. The fraction of sp³-hybridized carbons (Fsp3) is 0.455. The zero-order valence-corrected chi connectivity index (χ0v) is 11.0. The minimum absolute atomic E-state index is 0.155. The van der Waals surface area contributed by atoms with Gasteiger partial charge >= 0.3 is 12.0 Å². The Morgan fingerprint density at radius 1 is 1.56 bits per heavy atom. The van der Waals surface area contributed by atoms with E-state index in [0.717, 1.165) is 4.88 Å². The zero-order valence-electron chi connectivity index (χ0n) is 10.2. The SMILES string of the molecule is CC(c1cccs1)N(C)C(=O)N[C@H](CO)C(=O)O. The van der Waals surface area contributed by atoms with Gasteiger partial charge in [0.15, 0.2) is 6.04 Å². The number of carboxylic acid groups (broad SMARTS) is 1. The van der Waals surface area contributed by atoms with Crippen molar-refractivity contribution in [2.24, 2.45) is 0 Å². The molecule has 1 rings (SSSR count). The van der Waals surface area contributed by atoms with Gasteiger partial charge in [-0.2, -0.15) is 0 Å². The largest absolute Gasteiger partial charge is 0.480 e. The van der Waals surface area contributed by atoms with Crippen LogP contribution in [0.4, 0.5) is 4.79 Å². The minimum Gasteiger partial charge on any atom is -0.480 e. The monoisotopic (exact) mass is 272 g/mol. The number of aliphatic hydroxyl groups excluding tert-OH is 1. The Kier molecular flexibility index (Phi) is 5.11. The number of aliphatic carboxylic acids is 1. The van der Waals surface area contributed by atoms with E-state index >= 15 is 0 Å². The van der Waals surface area contributed by atoms with Crippen LogP contribution in [0.5, 0.6) is 0 Å². The third-order valence-corrected chi connectivity index (χ3v) is 3.68. The molecule has 0 radical (unpaired) electrons. The quantitative estimate of drug-likeness (QED) is 0.742. The summed E-state index contributed by atoms with van der Waals surface area (Å²) in [5.74, 6) is -1.26. The van der Waals surface area contributed by atoms with E-state index in [1.54, 1.807) is 7.05 Å². The normalized spacial score (nSPS) is 13.7. The van der Waals surface area contributed by atoms with Crippen molar-refractivity contribution in [3.8, 4) is 0 Å². The molecule has 3 N–H and O–H groups in total. The first kappa shape index (κ1) is 14.5. The number of nitrogens with one attached hydrogen (secondary N) is 1. The maximum absolute atomic E-state index is 11.8. The van der Waals surface area contributed by atoms with Crippen molar-refractivity contribution in [2.75, 3.05) is 13.7 Å². The maximum Gasteiger partial charge on any atom is 0.328 e. The maximum atomic E-state index is 11.8. The molecule has 0 fully saturated rings. The molecule has 18 heavy (non-hydrogen) atoms. The van der Waals surface area contributed by atoms with Crippen LogP contribution >= 0.6 is 11.3 Å². The summed E-state index contributed by atoms with van der Waals surface area (Å²) in [6, 6.07) is 1.82. The smallest absolute Gasteiger partial charge is 0.328 e. The molecular weight excluding hydrogens is 256 g/mol. The van der Waals surface area contributed by atoms with Crippen LogP contribution in [-0.4, -0.2) is 46.8 Å². The number of amides is 2. The van der Waals surface area contributed by atoms with E-state index in [1.807, 2.05) is 24.4 Å². The highest BCUT2D eigenvalue weighted by Crippen LogP contribution is 2.23. The molecule has 0 spiro atoms. The minimum atomic E-state index is -1.28. The fourth-order valence-electron chi connectivity index (χ4n) is 1.33. The van der Waals surface area contributed by atoms with E-state index in [2.05, 4.69) is 5.32 Å². The molecular formula is C11H16N2O4S. The number of carbonyl (C=O) groups is 2. The van der Waals surface area contributed by atoms with Crippen LogP contribution < -0.4 is 5.32 Å². The lowest BCUT2D eigenvalue weighted by molar-refractivity contribution is -0.140. The lowest BCUT2D eigenvalue weighted by Gasteiger charge is -2.25. The van der Waals surface area contributed by atoms with Gasteiger partial charge in [-0.25, -0.2) is 9.59 Å². The van der Waals surface area contributed by atoms with Gasteiger partial charge < -0.3 is 20.4 Å². The average molecular weight is 272 g/mol. The summed E-state index contributed by atoms with van der Waals surface area (Å²) in [7, 11) is 1.58. The van der Waals surface area contributed by atoms with Gasteiger partial charge in [-0.1, -0.05) is 6.07 Å². The van der Waals surface area contributed by atoms with Crippen LogP contribution in [-0.2, 0) is 4.79 Å². The fourth-order valence-corrected chi connectivity index (χ4v) is 2.16. The number of carboxylic acids is 1. The molecule has 0 saturated heterocycles. The number of carbonyl (C=O) groups excluding carboxylic acids is 1. The summed E-state index contributed by atoms with van der Waals surface area (Å²) < 4.78 is 0. The summed E-state index contributed by atoms with van der Waals surface area (Å²) in [4.78, 5) is 24.9. The second-order valence-electron chi connectivity index (χ2n) is 3.83. The van der Waals surface area contributed by atoms with Gasteiger partial charge in [0.2, 0.25) is 0 Å². The molecule has 0 aliphatic rings. The van der Waals surface area contributed by atoms with Crippen LogP contribution in [0.25, 0.3) is 0 Å². The summed E-state index contributed by atoms with van der Waals surface area (Å²) in [6.45, 7) is 1.21. The standard InChI is InChI=1S/C11H16N2O4S/c1-7(9-4-3-5-18-9)13(2)11(17)12-8(6-14)10(15)16/h3-5,7-8,14H,6H2,1-2H3,(H,12,17)(H,15,16)/t7?,8-/m1/s1. The molecule has 0 aromatic carbocycles. The second kappa shape index (κ2) is 6.36. The molecule has 1 aromatic heterocycles. The number of hydrogen-bond donors (Lipinski definition) is 3. The molecule has 100 valence electrons. The van der Waals surface area contributed by atoms with Gasteiger partial charge in [0, 0.05) is 11.9 Å². The Bertz CT molecular complexity index is 407. The van der Waals surface area contributed by atoms with Crippen molar-refractivity contribution in [1.29, 1.82) is 0 Å². The molecule has 6 nitrogen and oxygen atoms in total. The molecule has 2 amide bonds. The molecule has 0 aliphatic carbocycles. The van der Waals surface area contributed by atoms with Crippen LogP contribution in [0.15, 0.2) is 17.5 Å². The molecule has 0 bridgehead atoms. The molecule has 1 unspecified atom stereocenters. The molecule has 0 aliphatic heterocycles. The molecule has 1 heterocycles. The topological polar surface area (TPSA) is 89.9 Å². The van der Waals surface area contributed by atoms with E-state index in [9.17, 15) is 9.59 Å². The van der Waals surface area contributed by atoms with Crippen LogP contribution in [0, 0.1) is 0 Å². The highest BCUT2D eigenvalue weighted by atomic mass is 32.1. The average Bonchev–Trinajstić information content (AvgIpc) is 2.86. The predicted molar refractivity (Wildman–Crippen MR) is 67.5 cm³/mol. The first-order valence-electron chi connectivity index (χ1n) is 5.37. The lowest BCUT2D eigenvalue weighted by atomic mass is 10.2. The van der Waals surface area contributed by atoms with E-state index < -0.39 is 24.6 Å². The van der Waals surface area contributed by atoms with Crippen LogP contribution in [0.1, 0.15) is 17.8 Å². The number of hydrogen-bond acceptors (Lipinski definition) is 4. The van der Waals surface area contributed by atoms with Crippen molar-refractivity contribution >= 4 is 23.3 Å². The summed E-state index contributed by atoms with van der Waals surface area (Å²) in [5, 5.41) is 21.7. The van der Waals surface area contributed by atoms with Gasteiger partial charge in [0.25, 0.3) is 0 Å². The Labute approximate surface area is 109 Å². The van der Waals surface area contributed by atoms with Gasteiger partial charge in [-0.05, 0) is 18.4 Å². The zero-order chi connectivity index (χ0) is 13.7. The van der Waals surface area contributed by atoms with Crippen molar-refractivity contribution in [1.82, 2.24) is 10.2 Å². The van der Waals surface area contributed by atoms with E-state index in [1.165, 1.54) is 16.2 Å². The van der Waals surface area contributed by atoms with Crippen molar-refractivity contribution in [3.05, 3.63) is 22.4 Å². The Morgan fingerprint density at radius 2 is 2.22 bits per heavy atom. The number of aliphatic hydroxyl groups is 1. The predicted octanol–water partition coefficient (Wildman–Crippen LogP) is 0.896. The third kappa shape index (κ3) is 3.44. The van der Waals surface area contributed by atoms with E-state index in [4.69, 9.17) is 10.2 Å². The molecule has 1 aromatic rings. The third-order valence-electron chi connectivity index (χ3n) is 2.63. The van der Waals surface area contributed by atoms with Gasteiger partial charge in [0.05, 0.1) is 12.6 Å². The van der Waals surface area contributed by atoms with Gasteiger partial charge in [0.1, 0.15) is 0 Å². The Morgan fingerprint density at radius 3 is 2.67 bits per heavy atom. The van der Waals surface area contributed by atoms with E-state index in [-0.39, 0.29) is 6.04 Å². The highest BCUT2D eigenvalue weighted by Gasteiger charge is 2.23. The summed E-state index contributed by atoms with van der Waals surface area (Å²) >= 11 is 1.52. The number of rotatable bonds is 5. The van der Waals surface area contributed by atoms with Crippen molar-refractivity contribution in [3.63, 3.8) is 0 Å². The molecule has 7 heteroatoms. The number of urea groups is 1. The lowest BCUT2D eigenvalue weighted by Crippen LogP contribution is -2.48. The highest BCUT2D eigenvalue weighted by molar-refractivity contribution is 7.10. The number of nitrogens with zero attached hydrogens (tertiary/aromatic N) is 1. The summed E-state index contributed by atoms with van der Waals surface area (Å²) in [6.07, 6.45) is 0. The second-order valence-corrected chi connectivity index (χ2v) is 4.80. The van der Waals surface area contributed by atoms with Gasteiger partial charge in [-0.3, -0.25) is 0 Å². The Hall–Kier alpha value is -1.60.